The summed E-state index contributed by atoms with van der Waals surface area (Å²) in [5, 5.41) is 3.96. The number of ketones is 1. The van der Waals surface area contributed by atoms with E-state index in [1.807, 2.05) is 0 Å². The Hall–Kier alpha value is -3.53. The van der Waals surface area contributed by atoms with Gasteiger partial charge in [0.1, 0.15) is 34.8 Å². The summed E-state index contributed by atoms with van der Waals surface area (Å²) in [5.74, 6) is -1.73. The van der Waals surface area contributed by atoms with Crippen molar-refractivity contribution in [2.24, 2.45) is 11.0 Å². The highest BCUT2D eigenvalue weighted by Crippen LogP contribution is 2.38. The van der Waals surface area contributed by atoms with Crippen LogP contribution in [0, 0.1) is 17.6 Å². The van der Waals surface area contributed by atoms with E-state index in [9.17, 15) is 19.5 Å². The number of Topliss-reactive ketones (excluding diaryl/α,β-unsaturated/α-hetero) is 1. The van der Waals surface area contributed by atoms with Crippen LogP contribution in [0.5, 0.6) is 0 Å². The number of azide groups is 1. The zero-order valence-electron chi connectivity index (χ0n) is 26.1. The molecule has 2 saturated heterocycles. The Morgan fingerprint density at radius 1 is 1.14 bits per heavy atom. The van der Waals surface area contributed by atoms with Crippen molar-refractivity contribution >= 4 is 11.9 Å². The maximum Gasteiger partial charge on any atom is 0.412 e. The second kappa shape index (κ2) is 14.1. The van der Waals surface area contributed by atoms with Crippen molar-refractivity contribution in [1.29, 1.82) is 0 Å². The van der Waals surface area contributed by atoms with Crippen LogP contribution in [0.2, 0.25) is 0 Å². The average molecular weight is 613 g/mol. The van der Waals surface area contributed by atoms with Crippen LogP contribution >= 0.6 is 0 Å². The van der Waals surface area contributed by atoms with Gasteiger partial charge in [-0.2, -0.15) is 0 Å². The van der Waals surface area contributed by atoms with E-state index < -0.39 is 41.0 Å². The second-order valence-electron chi connectivity index (χ2n) is 13.0. The molecule has 0 saturated carbocycles. The van der Waals surface area contributed by atoms with E-state index in [0.717, 1.165) is 0 Å². The van der Waals surface area contributed by atoms with E-state index in [0.29, 0.717) is 49.2 Å². The lowest BCUT2D eigenvalue weighted by molar-refractivity contribution is -0.120. The molecule has 2 fully saturated rings. The summed E-state index contributed by atoms with van der Waals surface area (Å²) in [4.78, 5) is 31.6. The number of rotatable bonds is 10. The zero-order chi connectivity index (χ0) is 32.1. The van der Waals surface area contributed by atoms with E-state index in [-0.39, 0.29) is 37.2 Å². The van der Waals surface area contributed by atoms with Crippen LogP contribution in [0.15, 0.2) is 47.6 Å². The van der Waals surface area contributed by atoms with Crippen LogP contribution in [0.1, 0.15) is 76.5 Å². The third-order valence-corrected chi connectivity index (χ3v) is 8.35. The highest BCUT2D eigenvalue weighted by molar-refractivity contribution is 5.87. The molecule has 2 heterocycles. The Balaban J connectivity index is 1.58. The standard InChI is InChI=1S/C33H42F2N4O5/c1-32(2,3)44-31(41)39-25(20-43-33(39,4)5)13-14-26-23(7-6-8-27(26)35)19-28(40)30(37-38-36)29(22-15-17-42-18-16-22)21-9-11-24(34)12-10-21/h6-12,22,25,29-30H,13-20H2,1-5H3/t25-,29-,30+/m0/s1. The lowest BCUT2D eigenvalue weighted by Crippen LogP contribution is -2.50. The van der Waals surface area contributed by atoms with Crippen LogP contribution in [-0.4, -0.2) is 60.0 Å². The normalized spacial score (nSPS) is 20.1. The number of benzene rings is 2. The Morgan fingerprint density at radius 2 is 1.82 bits per heavy atom. The molecule has 44 heavy (non-hydrogen) atoms. The molecule has 2 aliphatic heterocycles. The summed E-state index contributed by atoms with van der Waals surface area (Å²) in [5.41, 5.74) is 9.44. The third kappa shape index (κ3) is 8.14. The minimum Gasteiger partial charge on any atom is -0.444 e. The lowest BCUT2D eigenvalue weighted by Gasteiger charge is -2.35. The molecule has 2 aliphatic rings. The summed E-state index contributed by atoms with van der Waals surface area (Å²) in [6.45, 7) is 10.2. The molecule has 0 aliphatic carbocycles. The van der Waals surface area contributed by atoms with Crippen molar-refractivity contribution in [3.8, 4) is 0 Å². The van der Waals surface area contributed by atoms with E-state index in [1.165, 1.54) is 18.2 Å². The molecule has 11 heteroatoms. The first-order valence-electron chi connectivity index (χ1n) is 15.1. The molecule has 3 atom stereocenters. The first-order chi connectivity index (χ1) is 20.8. The number of amides is 1. The van der Waals surface area contributed by atoms with Gasteiger partial charge in [0.2, 0.25) is 0 Å². The molecule has 2 aromatic rings. The molecule has 0 unspecified atom stereocenters. The molecule has 4 rings (SSSR count). The van der Waals surface area contributed by atoms with Crippen molar-refractivity contribution in [2.45, 2.75) is 96.1 Å². The zero-order valence-corrected chi connectivity index (χ0v) is 26.1. The van der Waals surface area contributed by atoms with Crippen molar-refractivity contribution in [2.75, 3.05) is 19.8 Å². The fraction of sp³-hybridized carbons (Fsp3) is 0.576. The Morgan fingerprint density at radius 3 is 2.45 bits per heavy atom. The number of carbonyl (C=O) groups excluding carboxylic acids is 2. The molecular weight excluding hydrogens is 570 g/mol. The first kappa shape index (κ1) is 33.4. The number of carbonyl (C=O) groups is 2. The topological polar surface area (TPSA) is 114 Å². The number of nitrogens with zero attached hydrogens (tertiary/aromatic N) is 4. The van der Waals surface area contributed by atoms with Crippen LogP contribution in [0.4, 0.5) is 13.6 Å². The van der Waals surface area contributed by atoms with Crippen LogP contribution in [0.3, 0.4) is 0 Å². The van der Waals surface area contributed by atoms with Gasteiger partial charge in [-0.05, 0) is 107 Å². The van der Waals surface area contributed by atoms with E-state index in [2.05, 4.69) is 10.0 Å². The van der Waals surface area contributed by atoms with Gasteiger partial charge in [0.25, 0.3) is 0 Å². The summed E-state index contributed by atoms with van der Waals surface area (Å²) >= 11 is 0. The highest BCUT2D eigenvalue weighted by atomic mass is 19.1. The fourth-order valence-corrected chi connectivity index (χ4v) is 6.29. The number of ether oxygens (including phenoxy) is 3. The quantitative estimate of drug-likeness (QED) is 0.159. The molecule has 9 nitrogen and oxygen atoms in total. The van der Waals surface area contributed by atoms with Gasteiger partial charge in [-0.25, -0.2) is 13.6 Å². The highest BCUT2D eigenvalue weighted by Gasteiger charge is 2.45. The second-order valence-corrected chi connectivity index (χ2v) is 13.0. The average Bonchev–Trinajstić information content (AvgIpc) is 3.27. The monoisotopic (exact) mass is 612 g/mol. The van der Waals surface area contributed by atoms with Gasteiger partial charge in [-0.15, -0.1) is 0 Å². The molecular formula is C33H42F2N4O5. The van der Waals surface area contributed by atoms with Gasteiger partial charge in [-0.1, -0.05) is 29.4 Å². The maximum absolute atomic E-state index is 15.3. The van der Waals surface area contributed by atoms with Crippen molar-refractivity contribution < 1.29 is 32.6 Å². The van der Waals surface area contributed by atoms with Crippen LogP contribution < -0.4 is 0 Å². The summed E-state index contributed by atoms with van der Waals surface area (Å²) in [6, 6.07) is 9.07. The summed E-state index contributed by atoms with van der Waals surface area (Å²) in [7, 11) is 0. The number of halogens is 2. The third-order valence-electron chi connectivity index (χ3n) is 8.35. The maximum atomic E-state index is 15.3. The molecule has 0 bridgehead atoms. The summed E-state index contributed by atoms with van der Waals surface area (Å²) in [6.07, 6.45) is 1.28. The number of hydrogen-bond acceptors (Lipinski definition) is 6. The summed E-state index contributed by atoms with van der Waals surface area (Å²) < 4.78 is 46.2. The molecule has 0 N–H and O–H groups in total. The smallest absolute Gasteiger partial charge is 0.412 e. The molecule has 0 radical (unpaired) electrons. The van der Waals surface area contributed by atoms with Crippen molar-refractivity contribution in [1.82, 2.24) is 4.90 Å². The van der Waals surface area contributed by atoms with E-state index in [1.54, 1.807) is 63.8 Å². The van der Waals surface area contributed by atoms with Gasteiger partial charge in [0.05, 0.1) is 12.6 Å². The Labute approximate surface area is 257 Å². The van der Waals surface area contributed by atoms with Crippen LogP contribution in [-0.2, 0) is 31.8 Å². The van der Waals surface area contributed by atoms with E-state index >= 15 is 4.39 Å². The Kier molecular flexibility index (Phi) is 10.7. The van der Waals surface area contributed by atoms with Gasteiger partial charge in [-0.3, -0.25) is 9.69 Å². The predicted molar refractivity (Wildman–Crippen MR) is 161 cm³/mol. The molecule has 0 aromatic heterocycles. The largest absolute Gasteiger partial charge is 0.444 e. The first-order valence-corrected chi connectivity index (χ1v) is 15.1. The van der Waals surface area contributed by atoms with Gasteiger partial charge in [0, 0.05) is 30.5 Å². The van der Waals surface area contributed by atoms with E-state index in [4.69, 9.17) is 14.2 Å². The van der Waals surface area contributed by atoms with Gasteiger partial charge < -0.3 is 14.2 Å². The van der Waals surface area contributed by atoms with Crippen molar-refractivity contribution in [3.05, 3.63) is 81.2 Å². The number of hydrogen-bond donors (Lipinski definition) is 0. The Bertz CT molecular complexity index is 1370. The molecule has 0 spiro atoms. The molecule has 1 amide bonds. The lowest BCUT2D eigenvalue weighted by atomic mass is 9.75. The van der Waals surface area contributed by atoms with Crippen molar-refractivity contribution in [3.63, 3.8) is 0 Å². The van der Waals surface area contributed by atoms with Gasteiger partial charge in [0.15, 0.2) is 0 Å². The minimum atomic E-state index is -1.07. The SMILES string of the molecule is CC(C)(C)OC(=O)N1[C@@H](CCc2c(F)cccc2CC(=O)[C@@H](N=[N+]=[N-])[C@@H](c2ccc(F)cc2)C2CCOCC2)COC1(C)C. The van der Waals surface area contributed by atoms with Gasteiger partial charge >= 0.3 is 6.09 Å². The fourth-order valence-electron chi connectivity index (χ4n) is 6.29. The predicted octanol–water partition coefficient (Wildman–Crippen LogP) is 7.27. The minimum absolute atomic E-state index is 0.0230. The molecule has 2 aromatic carbocycles. The molecule has 238 valence electrons. The van der Waals surface area contributed by atoms with Crippen LogP contribution in [0.25, 0.3) is 10.4 Å².